The molecule has 5 nitrogen and oxygen atoms in total. The molecule has 0 radical (unpaired) electrons. The Bertz CT molecular complexity index is 325. The summed E-state index contributed by atoms with van der Waals surface area (Å²) in [5.74, 6) is 1.98. The highest BCUT2D eigenvalue weighted by atomic mass is 127. The molecule has 0 saturated heterocycles. The van der Waals surface area contributed by atoms with Gasteiger partial charge in [-0.1, -0.05) is 36.4 Å². The molecule has 1 aromatic heterocycles. The van der Waals surface area contributed by atoms with Crippen LogP contribution in [0, 0.1) is 5.92 Å². The van der Waals surface area contributed by atoms with Gasteiger partial charge in [0.2, 0.25) is 17.7 Å². The second-order valence-corrected chi connectivity index (χ2v) is 4.91. The minimum atomic E-state index is 0.259. The van der Waals surface area contributed by atoms with E-state index in [9.17, 15) is 0 Å². The number of hydrogen-bond donors (Lipinski definition) is 1. The van der Waals surface area contributed by atoms with Gasteiger partial charge in [-0.2, -0.15) is 9.97 Å². The van der Waals surface area contributed by atoms with Crippen molar-refractivity contribution >= 4 is 28.5 Å². The molecule has 0 amide bonds. The Morgan fingerprint density at radius 3 is 2.06 bits per heavy atom. The molecule has 0 bridgehead atoms. The first-order valence-electron chi connectivity index (χ1n) is 4.94. The van der Waals surface area contributed by atoms with Gasteiger partial charge in [0, 0.05) is 0 Å². The van der Waals surface area contributed by atoms with Crippen LogP contribution in [0.25, 0.3) is 0 Å². The fourth-order valence-electron chi connectivity index (χ4n) is 0.968. The number of hydrogen-bond acceptors (Lipinski definition) is 5. The van der Waals surface area contributed by atoms with Gasteiger partial charge in [-0.05, 0) is 5.92 Å². The van der Waals surface area contributed by atoms with Crippen molar-refractivity contribution in [1.29, 1.82) is 0 Å². The van der Waals surface area contributed by atoms with Gasteiger partial charge in [-0.15, -0.1) is 0 Å². The predicted molar refractivity (Wildman–Crippen MR) is 71.4 cm³/mol. The van der Waals surface area contributed by atoms with Crippen molar-refractivity contribution in [2.24, 2.45) is 5.92 Å². The Hall–Kier alpha value is -0.790. The number of nitrogens with zero attached hydrogens (tertiary/aromatic N) is 2. The van der Waals surface area contributed by atoms with Crippen LogP contribution in [-0.2, 0) is 0 Å². The van der Waals surface area contributed by atoms with Crippen molar-refractivity contribution in [3.05, 3.63) is 6.07 Å². The zero-order chi connectivity index (χ0) is 12.1. The maximum absolute atomic E-state index is 5.07. The van der Waals surface area contributed by atoms with E-state index < -0.39 is 0 Å². The number of rotatable bonds is 5. The van der Waals surface area contributed by atoms with E-state index in [2.05, 4.69) is 51.7 Å². The van der Waals surface area contributed by atoms with Crippen molar-refractivity contribution in [3.63, 3.8) is 0 Å². The number of aromatic nitrogens is 2. The van der Waals surface area contributed by atoms with Crippen LogP contribution in [0.4, 0.5) is 5.95 Å². The van der Waals surface area contributed by atoms with E-state index in [1.165, 1.54) is 0 Å². The Morgan fingerprint density at radius 1 is 1.19 bits per heavy atom. The zero-order valence-corrected chi connectivity index (χ0v) is 12.0. The second kappa shape index (κ2) is 6.07. The molecular weight excluding hydrogens is 321 g/mol. The van der Waals surface area contributed by atoms with Crippen LogP contribution in [0.2, 0.25) is 0 Å². The molecule has 1 N–H and O–H groups in total. The molecule has 0 aliphatic carbocycles. The van der Waals surface area contributed by atoms with Crippen LogP contribution >= 0.6 is 22.6 Å². The summed E-state index contributed by atoms with van der Waals surface area (Å²) in [7, 11) is 3.13. The lowest BCUT2D eigenvalue weighted by Gasteiger charge is -2.16. The van der Waals surface area contributed by atoms with Gasteiger partial charge in [0.25, 0.3) is 0 Å². The first kappa shape index (κ1) is 13.3. The van der Waals surface area contributed by atoms with Gasteiger partial charge in [-0.25, -0.2) is 0 Å². The number of methoxy groups -OCH3 is 2. The van der Waals surface area contributed by atoms with E-state index >= 15 is 0 Å². The number of halogens is 1. The lowest BCUT2D eigenvalue weighted by atomic mass is 10.2. The molecule has 0 fully saturated rings. The number of ether oxygens (including phenoxy) is 2. The van der Waals surface area contributed by atoms with E-state index in [1.807, 2.05) is 0 Å². The minimum Gasteiger partial charge on any atom is -0.481 e. The summed E-state index contributed by atoms with van der Waals surface area (Å²) in [6.45, 7) is 4.25. The highest BCUT2D eigenvalue weighted by molar-refractivity contribution is 14.1. The SMILES string of the molecule is COc1cc(OC)nc(N[C@H](I)C(C)C)n1. The third-order valence-corrected chi connectivity index (χ3v) is 3.70. The molecule has 0 aromatic carbocycles. The van der Waals surface area contributed by atoms with E-state index in [-0.39, 0.29) is 4.05 Å². The Kier molecular flexibility index (Phi) is 5.04. The van der Waals surface area contributed by atoms with Crippen LogP contribution in [-0.4, -0.2) is 28.2 Å². The molecule has 0 spiro atoms. The lowest BCUT2D eigenvalue weighted by Crippen LogP contribution is -2.19. The van der Waals surface area contributed by atoms with Crippen LogP contribution < -0.4 is 14.8 Å². The van der Waals surface area contributed by atoms with Crippen molar-refractivity contribution in [2.75, 3.05) is 19.5 Å². The molecule has 6 heteroatoms. The van der Waals surface area contributed by atoms with Crippen molar-refractivity contribution in [3.8, 4) is 11.8 Å². The summed E-state index contributed by atoms with van der Waals surface area (Å²) >= 11 is 2.31. The molecule has 1 atom stereocenters. The van der Waals surface area contributed by atoms with E-state index in [0.717, 1.165) is 0 Å². The normalized spacial score (nSPS) is 12.4. The number of alkyl halides is 1. The van der Waals surface area contributed by atoms with Crippen LogP contribution in [0.5, 0.6) is 11.8 Å². The van der Waals surface area contributed by atoms with Gasteiger partial charge < -0.3 is 14.8 Å². The molecule has 1 heterocycles. The van der Waals surface area contributed by atoms with Crippen LogP contribution in [0.1, 0.15) is 13.8 Å². The first-order valence-corrected chi connectivity index (χ1v) is 6.19. The van der Waals surface area contributed by atoms with Crippen molar-refractivity contribution in [2.45, 2.75) is 17.9 Å². The largest absolute Gasteiger partial charge is 0.481 e. The maximum Gasteiger partial charge on any atom is 0.230 e. The second-order valence-electron chi connectivity index (χ2n) is 3.57. The Labute approximate surface area is 109 Å². The summed E-state index contributed by atoms with van der Waals surface area (Å²) in [6.07, 6.45) is 0. The lowest BCUT2D eigenvalue weighted by molar-refractivity contribution is 0.372. The topological polar surface area (TPSA) is 56.3 Å². The number of nitrogens with one attached hydrogen (secondary N) is 1. The average molecular weight is 337 g/mol. The van der Waals surface area contributed by atoms with Gasteiger partial charge in [0.15, 0.2) is 0 Å². The Balaban J connectivity index is 2.86. The molecule has 1 rings (SSSR count). The summed E-state index contributed by atoms with van der Waals surface area (Å²) in [6, 6.07) is 1.64. The molecule has 16 heavy (non-hydrogen) atoms. The van der Waals surface area contributed by atoms with Gasteiger partial charge in [0.1, 0.15) is 0 Å². The fraction of sp³-hybridized carbons (Fsp3) is 0.600. The summed E-state index contributed by atoms with van der Waals surface area (Å²) < 4.78 is 10.4. The first-order chi connectivity index (χ1) is 7.56. The zero-order valence-electron chi connectivity index (χ0n) is 9.82. The van der Waals surface area contributed by atoms with E-state index in [1.54, 1.807) is 20.3 Å². The van der Waals surface area contributed by atoms with E-state index in [0.29, 0.717) is 23.6 Å². The number of anilines is 1. The highest BCUT2D eigenvalue weighted by Gasteiger charge is 2.12. The average Bonchev–Trinajstić information content (AvgIpc) is 2.28. The molecule has 90 valence electrons. The summed E-state index contributed by atoms with van der Waals surface area (Å²) in [4.78, 5) is 8.39. The van der Waals surface area contributed by atoms with Crippen LogP contribution in [0.3, 0.4) is 0 Å². The highest BCUT2D eigenvalue weighted by Crippen LogP contribution is 2.20. The molecule has 1 aromatic rings. The Morgan fingerprint density at radius 2 is 1.69 bits per heavy atom. The predicted octanol–water partition coefficient (Wildman–Crippen LogP) is 2.32. The molecule has 0 aliphatic rings. The molecule has 0 aliphatic heterocycles. The minimum absolute atomic E-state index is 0.259. The third kappa shape index (κ3) is 3.66. The maximum atomic E-state index is 5.07. The molecular formula is C10H16IN3O2. The van der Waals surface area contributed by atoms with Gasteiger partial charge in [0.05, 0.1) is 24.3 Å². The molecule has 0 unspecified atom stereocenters. The van der Waals surface area contributed by atoms with Gasteiger partial charge in [-0.3, -0.25) is 0 Å². The molecule has 0 saturated carbocycles. The van der Waals surface area contributed by atoms with E-state index in [4.69, 9.17) is 9.47 Å². The fourth-order valence-corrected chi connectivity index (χ4v) is 1.25. The smallest absolute Gasteiger partial charge is 0.230 e. The quantitative estimate of drug-likeness (QED) is 0.508. The van der Waals surface area contributed by atoms with Gasteiger partial charge >= 0.3 is 0 Å². The van der Waals surface area contributed by atoms with Crippen molar-refractivity contribution < 1.29 is 9.47 Å². The summed E-state index contributed by atoms with van der Waals surface area (Å²) in [5, 5.41) is 3.20. The van der Waals surface area contributed by atoms with Crippen molar-refractivity contribution in [1.82, 2.24) is 9.97 Å². The standard InChI is InChI=1S/C10H16IN3O2/c1-6(2)9(11)14-10-12-7(15-3)5-8(13-10)16-4/h5-6,9H,1-4H3,(H,12,13,14)/t9-/m0/s1. The third-order valence-electron chi connectivity index (χ3n) is 1.95. The van der Waals surface area contributed by atoms with Crippen LogP contribution in [0.15, 0.2) is 6.07 Å². The summed E-state index contributed by atoms with van der Waals surface area (Å²) in [5.41, 5.74) is 0. The monoisotopic (exact) mass is 337 g/mol.